The Morgan fingerprint density at radius 1 is 0.833 bits per heavy atom. The highest BCUT2D eigenvalue weighted by Gasteiger charge is 1.94. The van der Waals surface area contributed by atoms with Gasteiger partial charge in [-0.2, -0.15) is 0 Å². The van der Waals surface area contributed by atoms with Crippen molar-refractivity contribution in [2.75, 3.05) is 0 Å². The van der Waals surface area contributed by atoms with Crippen LogP contribution in [0.5, 0.6) is 0 Å². The Balaban J connectivity index is 0.000000720. The molecule has 2 heteroatoms. The lowest BCUT2D eigenvalue weighted by Gasteiger charge is -1.95. The van der Waals surface area contributed by atoms with Crippen molar-refractivity contribution in [1.29, 1.82) is 0 Å². The molecule has 0 aromatic heterocycles. The molecule has 1 aliphatic rings. The molecule has 0 fully saturated rings. The Kier molecular flexibility index (Phi) is 2.94. The van der Waals surface area contributed by atoms with Crippen LogP contribution in [0.25, 0.3) is 12.2 Å². The zero-order valence-corrected chi connectivity index (χ0v) is 7.34. The molecule has 0 saturated carbocycles. The predicted octanol–water partition coefficient (Wildman–Crippen LogP) is 2.65. The molecule has 0 amide bonds. The van der Waals surface area contributed by atoms with Crippen molar-refractivity contribution in [2.24, 2.45) is 0 Å². The van der Waals surface area contributed by atoms with Crippen LogP contribution in [-0.2, 0) is 0 Å². The van der Waals surface area contributed by atoms with E-state index in [1.165, 1.54) is 11.1 Å². The van der Waals surface area contributed by atoms with Gasteiger partial charge in [0.05, 0.1) is 0 Å². The van der Waals surface area contributed by atoms with Gasteiger partial charge in [-0.05, 0) is 23.3 Å². The van der Waals surface area contributed by atoms with Crippen molar-refractivity contribution in [3.8, 4) is 0 Å². The summed E-state index contributed by atoms with van der Waals surface area (Å²) in [4.78, 5) is 0. The van der Waals surface area contributed by atoms with E-state index in [-0.39, 0.29) is 12.4 Å². The Bertz CT molecular complexity index is 284. The van der Waals surface area contributed by atoms with Gasteiger partial charge in [0.25, 0.3) is 0 Å². The first-order valence-corrected chi connectivity index (χ1v) is 3.65. The van der Waals surface area contributed by atoms with Crippen LogP contribution in [0, 0.1) is 0 Å². The van der Waals surface area contributed by atoms with Crippen LogP contribution in [0.15, 0.2) is 36.7 Å². The molecule has 62 valence electrons. The zero-order valence-electron chi connectivity index (χ0n) is 6.53. The molecule has 1 N–H and O–H groups in total. The molecule has 0 aliphatic carbocycles. The Morgan fingerprint density at radius 3 is 1.83 bits per heavy atom. The van der Waals surface area contributed by atoms with E-state index in [1.54, 1.807) is 0 Å². The van der Waals surface area contributed by atoms with E-state index in [0.717, 1.165) is 0 Å². The van der Waals surface area contributed by atoms with Crippen molar-refractivity contribution < 1.29 is 0 Å². The van der Waals surface area contributed by atoms with E-state index in [1.807, 2.05) is 24.5 Å². The maximum absolute atomic E-state index is 3.03. The summed E-state index contributed by atoms with van der Waals surface area (Å²) in [5.41, 5.74) is 2.52. The SMILES string of the molecule is C1=Cc2ccccc2C=CN1.Cl. The zero-order chi connectivity index (χ0) is 7.52. The molecule has 1 aromatic rings. The van der Waals surface area contributed by atoms with Gasteiger partial charge in [-0.1, -0.05) is 24.3 Å². The van der Waals surface area contributed by atoms with E-state index in [9.17, 15) is 0 Å². The second-order valence-corrected chi connectivity index (χ2v) is 2.46. The Labute approximate surface area is 78.2 Å². The number of fused-ring (bicyclic) bond motifs is 1. The summed E-state index contributed by atoms with van der Waals surface area (Å²) in [5, 5.41) is 3.03. The van der Waals surface area contributed by atoms with Gasteiger partial charge >= 0.3 is 0 Å². The first-order chi connectivity index (χ1) is 5.47. The molecule has 0 saturated heterocycles. The van der Waals surface area contributed by atoms with Gasteiger partial charge in [0.15, 0.2) is 0 Å². The van der Waals surface area contributed by atoms with Crippen LogP contribution in [0.3, 0.4) is 0 Å². The first-order valence-electron chi connectivity index (χ1n) is 3.65. The minimum Gasteiger partial charge on any atom is -0.368 e. The third-order valence-corrected chi connectivity index (χ3v) is 1.71. The number of rotatable bonds is 0. The van der Waals surface area contributed by atoms with Crippen molar-refractivity contribution in [3.63, 3.8) is 0 Å². The average Bonchev–Trinajstić information content (AvgIpc) is 2.28. The van der Waals surface area contributed by atoms with Crippen LogP contribution >= 0.6 is 12.4 Å². The van der Waals surface area contributed by atoms with Crippen LogP contribution in [0.1, 0.15) is 11.1 Å². The van der Waals surface area contributed by atoms with Crippen LogP contribution in [0.2, 0.25) is 0 Å². The van der Waals surface area contributed by atoms with Crippen molar-refractivity contribution in [1.82, 2.24) is 5.32 Å². The molecule has 12 heavy (non-hydrogen) atoms. The van der Waals surface area contributed by atoms with Crippen LogP contribution in [0.4, 0.5) is 0 Å². The van der Waals surface area contributed by atoms with Crippen LogP contribution < -0.4 is 5.32 Å². The maximum atomic E-state index is 3.03. The van der Waals surface area contributed by atoms with E-state index < -0.39 is 0 Å². The second-order valence-electron chi connectivity index (χ2n) is 2.46. The van der Waals surface area contributed by atoms with Gasteiger partial charge in [-0.25, -0.2) is 0 Å². The Morgan fingerprint density at radius 2 is 1.33 bits per heavy atom. The van der Waals surface area contributed by atoms with Crippen molar-refractivity contribution in [3.05, 3.63) is 47.8 Å². The van der Waals surface area contributed by atoms with E-state index in [2.05, 4.69) is 29.6 Å². The lowest BCUT2D eigenvalue weighted by Crippen LogP contribution is -1.86. The predicted molar refractivity (Wildman–Crippen MR) is 54.9 cm³/mol. The van der Waals surface area contributed by atoms with E-state index in [4.69, 9.17) is 0 Å². The largest absolute Gasteiger partial charge is 0.368 e. The van der Waals surface area contributed by atoms with E-state index >= 15 is 0 Å². The lowest BCUT2D eigenvalue weighted by molar-refractivity contribution is 1.22. The lowest BCUT2D eigenvalue weighted by atomic mass is 10.1. The third kappa shape index (κ3) is 1.69. The van der Waals surface area contributed by atoms with Gasteiger partial charge < -0.3 is 5.32 Å². The summed E-state index contributed by atoms with van der Waals surface area (Å²) in [5.74, 6) is 0. The first kappa shape index (κ1) is 8.88. The molecule has 0 spiro atoms. The molecule has 1 nitrogen and oxygen atoms in total. The van der Waals surface area contributed by atoms with Gasteiger partial charge in [0.1, 0.15) is 0 Å². The second kappa shape index (κ2) is 3.98. The van der Waals surface area contributed by atoms with Gasteiger partial charge in [0.2, 0.25) is 0 Å². The summed E-state index contributed by atoms with van der Waals surface area (Å²) in [6.45, 7) is 0. The monoisotopic (exact) mass is 179 g/mol. The number of benzene rings is 1. The number of hydrogen-bond acceptors (Lipinski definition) is 1. The number of nitrogens with one attached hydrogen (secondary N) is 1. The number of halogens is 1. The van der Waals surface area contributed by atoms with Gasteiger partial charge in [-0.3, -0.25) is 0 Å². The molecule has 0 atom stereocenters. The summed E-state index contributed by atoms with van der Waals surface area (Å²) >= 11 is 0. The fraction of sp³-hybridized carbons (Fsp3) is 0. The molecule has 1 aromatic carbocycles. The molecule has 0 bridgehead atoms. The highest BCUT2D eigenvalue weighted by Crippen LogP contribution is 2.13. The maximum Gasteiger partial charge on any atom is 0.00106 e. The highest BCUT2D eigenvalue weighted by molar-refractivity contribution is 5.85. The summed E-state index contributed by atoms with van der Waals surface area (Å²) in [7, 11) is 0. The van der Waals surface area contributed by atoms with Gasteiger partial charge in [0, 0.05) is 12.4 Å². The fourth-order valence-corrected chi connectivity index (χ4v) is 1.15. The third-order valence-electron chi connectivity index (χ3n) is 1.71. The van der Waals surface area contributed by atoms with E-state index in [0.29, 0.717) is 0 Å². The summed E-state index contributed by atoms with van der Waals surface area (Å²) < 4.78 is 0. The fourth-order valence-electron chi connectivity index (χ4n) is 1.15. The molecule has 0 radical (unpaired) electrons. The standard InChI is InChI=1S/C10H9N.ClH/c1-2-4-10-6-8-11-7-5-9(10)3-1;/h1-8,11H;1H. The molecular weight excluding hydrogens is 170 g/mol. The Hall–Kier alpha value is -1.21. The van der Waals surface area contributed by atoms with Crippen molar-refractivity contribution >= 4 is 24.6 Å². The normalized spacial score (nSPS) is 12.3. The minimum absolute atomic E-state index is 0. The molecule has 1 aliphatic heterocycles. The molecule has 0 unspecified atom stereocenters. The highest BCUT2D eigenvalue weighted by atomic mass is 35.5. The molecular formula is C10H10ClN. The number of hydrogen-bond donors (Lipinski definition) is 1. The molecule has 2 rings (SSSR count). The smallest absolute Gasteiger partial charge is 0.00106 e. The quantitative estimate of drug-likeness (QED) is 0.646. The van der Waals surface area contributed by atoms with Gasteiger partial charge in [-0.15, -0.1) is 12.4 Å². The summed E-state index contributed by atoms with van der Waals surface area (Å²) in [6.07, 6.45) is 8.00. The average molecular weight is 180 g/mol. The van der Waals surface area contributed by atoms with Crippen LogP contribution in [-0.4, -0.2) is 0 Å². The van der Waals surface area contributed by atoms with Crippen molar-refractivity contribution in [2.45, 2.75) is 0 Å². The minimum atomic E-state index is 0. The summed E-state index contributed by atoms with van der Waals surface area (Å²) in [6, 6.07) is 8.29. The molecule has 1 heterocycles. The topological polar surface area (TPSA) is 12.0 Å².